The molecule has 0 radical (unpaired) electrons. The van der Waals surface area contributed by atoms with Gasteiger partial charge in [0.25, 0.3) is 5.91 Å². The van der Waals surface area contributed by atoms with Crippen molar-refractivity contribution in [3.63, 3.8) is 0 Å². The van der Waals surface area contributed by atoms with E-state index >= 15 is 0 Å². The zero-order valence-corrected chi connectivity index (χ0v) is 18.9. The molecule has 0 aliphatic heterocycles. The number of hydrogen-bond acceptors (Lipinski definition) is 6. The first-order valence-corrected chi connectivity index (χ1v) is 10.7. The van der Waals surface area contributed by atoms with E-state index in [1.54, 1.807) is 12.1 Å². The van der Waals surface area contributed by atoms with Crippen molar-refractivity contribution in [2.75, 3.05) is 12.4 Å². The number of anilines is 1. The Morgan fingerprint density at radius 1 is 1.00 bits per heavy atom. The summed E-state index contributed by atoms with van der Waals surface area (Å²) in [5, 5.41) is 3.37. The molecule has 1 amide bonds. The molecule has 35 heavy (non-hydrogen) atoms. The summed E-state index contributed by atoms with van der Waals surface area (Å²) in [6.07, 6.45) is 0. The average Bonchev–Trinajstić information content (AvgIpc) is 3.45. The minimum absolute atomic E-state index is 0.123. The highest BCUT2D eigenvalue weighted by atomic mass is 35.5. The van der Waals surface area contributed by atoms with Gasteiger partial charge in [-0.15, -0.1) is 11.3 Å². The van der Waals surface area contributed by atoms with E-state index in [1.165, 1.54) is 25.3 Å². The van der Waals surface area contributed by atoms with Crippen molar-refractivity contribution in [3.8, 4) is 5.75 Å². The molecule has 1 N–H and O–H groups in total. The van der Waals surface area contributed by atoms with Crippen molar-refractivity contribution < 1.29 is 45.4 Å². The summed E-state index contributed by atoms with van der Waals surface area (Å²) in [5.41, 5.74) is 0.340. The van der Waals surface area contributed by atoms with E-state index in [0.29, 0.717) is 15.8 Å². The van der Waals surface area contributed by atoms with Crippen LogP contribution in [-0.2, 0) is 11.3 Å². The maximum Gasteiger partial charge on any atom is 0.349 e. The van der Waals surface area contributed by atoms with Gasteiger partial charge in [0.2, 0.25) is 29.1 Å². The fourth-order valence-electron chi connectivity index (χ4n) is 2.99. The fourth-order valence-corrected chi connectivity index (χ4v) is 4.46. The topological polar surface area (TPSA) is 77.8 Å². The third kappa shape index (κ3) is 4.54. The highest BCUT2D eigenvalue weighted by Gasteiger charge is 2.27. The van der Waals surface area contributed by atoms with Crippen LogP contribution in [0.5, 0.6) is 5.75 Å². The van der Waals surface area contributed by atoms with Crippen LogP contribution in [-0.4, -0.2) is 19.0 Å². The van der Waals surface area contributed by atoms with E-state index in [0.717, 1.165) is 11.3 Å². The van der Waals surface area contributed by atoms with Gasteiger partial charge in [-0.3, -0.25) is 4.79 Å². The molecule has 0 saturated carbocycles. The van der Waals surface area contributed by atoms with Crippen molar-refractivity contribution in [2.45, 2.75) is 6.61 Å². The quantitative estimate of drug-likeness (QED) is 0.134. The molecule has 0 atom stereocenters. The lowest BCUT2D eigenvalue weighted by atomic mass is 10.2. The molecule has 0 aliphatic rings. The number of hydrogen-bond donors (Lipinski definition) is 1. The minimum atomic E-state index is -2.31. The lowest BCUT2D eigenvalue weighted by Crippen LogP contribution is -2.10. The van der Waals surface area contributed by atoms with Gasteiger partial charge in [0.15, 0.2) is 11.5 Å². The summed E-state index contributed by atoms with van der Waals surface area (Å²) >= 11 is 7.27. The molecule has 0 saturated heterocycles. The van der Waals surface area contributed by atoms with E-state index in [4.69, 9.17) is 20.8 Å². The highest BCUT2D eigenvalue weighted by Crippen LogP contribution is 2.37. The highest BCUT2D eigenvalue weighted by molar-refractivity contribution is 7.21. The van der Waals surface area contributed by atoms with Gasteiger partial charge in [-0.2, -0.15) is 8.78 Å². The molecule has 0 fully saturated rings. The van der Waals surface area contributed by atoms with Crippen LogP contribution in [0.2, 0.25) is 5.02 Å². The van der Waals surface area contributed by atoms with Crippen molar-refractivity contribution >= 4 is 50.6 Å². The number of carbonyl (C=O) groups excluding carboxylic acids is 2. The second-order valence-corrected chi connectivity index (χ2v) is 8.29. The predicted octanol–water partition coefficient (Wildman–Crippen LogP) is 6.46. The zero-order valence-electron chi connectivity index (χ0n) is 17.3. The summed E-state index contributed by atoms with van der Waals surface area (Å²) < 4.78 is 82.3. The number of esters is 1. The standard InChI is InChI=1S/C22H11ClF5NO5S/c1-32-22(31)20-13(23)10-4-2-8(6-12(10)35-20)29-21(30)11-5-3-9(34-11)7-33-19-17(27)15(25)14(24)16(26)18(19)28/h2-6H,7H2,1H3,(H,29,30). The van der Waals surface area contributed by atoms with E-state index in [2.05, 4.69) is 10.1 Å². The molecule has 4 rings (SSSR count). The molecule has 13 heteroatoms. The Bertz CT molecular complexity index is 1460. The molecule has 2 heterocycles. The van der Waals surface area contributed by atoms with Crippen LogP contribution in [0.25, 0.3) is 10.1 Å². The molecule has 2 aromatic carbocycles. The number of methoxy groups -OCH3 is 1. The van der Waals surface area contributed by atoms with E-state index in [1.807, 2.05) is 0 Å². The lowest BCUT2D eigenvalue weighted by molar-refractivity contribution is 0.0606. The maximum atomic E-state index is 13.7. The summed E-state index contributed by atoms with van der Waals surface area (Å²) in [5.74, 6) is -14.0. The van der Waals surface area contributed by atoms with Gasteiger partial charge >= 0.3 is 5.97 Å². The summed E-state index contributed by atoms with van der Waals surface area (Å²) in [4.78, 5) is 24.5. The van der Waals surface area contributed by atoms with Crippen LogP contribution in [0, 0.1) is 29.1 Å². The van der Waals surface area contributed by atoms with Crippen molar-refractivity contribution in [1.29, 1.82) is 0 Å². The monoisotopic (exact) mass is 531 g/mol. The molecular formula is C22H11ClF5NO5S. The van der Waals surface area contributed by atoms with Crippen molar-refractivity contribution in [3.05, 3.63) is 80.8 Å². The molecule has 0 bridgehead atoms. The first kappa shape index (κ1) is 24.5. The number of thiophene rings is 1. The van der Waals surface area contributed by atoms with Gasteiger partial charge in [0.05, 0.1) is 12.1 Å². The van der Waals surface area contributed by atoms with E-state index in [-0.39, 0.29) is 21.4 Å². The maximum absolute atomic E-state index is 13.7. The van der Waals surface area contributed by atoms with E-state index < -0.39 is 53.3 Å². The number of fused-ring (bicyclic) bond motifs is 1. The third-order valence-electron chi connectivity index (χ3n) is 4.67. The predicted molar refractivity (Wildman–Crippen MR) is 115 cm³/mol. The Morgan fingerprint density at radius 2 is 1.66 bits per heavy atom. The number of ether oxygens (including phenoxy) is 2. The van der Waals surface area contributed by atoms with Crippen molar-refractivity contribution in [2.24, 2.45) is 0 Å². The van der Waals surface area contributed by atoms with Crippen LogP contribution in [0.1, 0.15) is 26.0 Å². The number of amides is 1. The van der Waals surface area contributed by atoms with Crippen LogP contribution < -0.4 is 10.1 Å². The SMILES string of the molecule is COC(=O)c1sc2cc(NC(=O)c3ccc(COc4c(F)c(F)c(F)c(F)c4F)o3)ccc2c1Cl. The summed E-state index contributed by atoms with van der Waals surface area (Å²) in [6.45, 7) is -0.721. The van der Waals surface area contributed by atoms with Crippen molar-refractivity contribution in [1.82, 2.24) is 0 Å². The largest absolute Gasteiger partial charge is 0.479 e. The van der Waals surface area contributed by atoms with Crippen LogP contribution in [0.3, 0.4) is 0 Å². The third-order valence-corrected chi connectivity index (χ3v) is 6.31. The number of rotatable bonds is 6. The molecule has 182 valence electrons. The number of benzene rings is 2. The number of nitrogens with one attached hydrogen (secondary N) is 1. The van der Waals surface area contributed by atoms with Gasteiger partial charge in [-0.25, -0.2) is 18.0 Å². The molecule has 2 aromatic heterocycles. The van der Waals surface area contributed by atoms with Gasteiger partial charge in [0.1, 0.15) is 17.2 Å². The van der Waals surface area contributed by atoms with Gasteiger partial charge < -0.3 is 19.2 Å². The Balaban J connectivity index is 1.47. The first-order valence-electron chi connectivity index (χ1n) is 9.47. The number of halogens is 6. The Hall–Kier alpha value is -3.64. The summed E-state index contributed by atoms with van der Waals surface area (Å²) in [6, 6.07) is 7.17. The van der Waals surface area contributed by atoms with Crippen LogP contribution in [0.15, 0.2) is 34.7 Å². The summed E-state index contributed by atoms with van der Waals surface area (Å²) in [7, 11) is 1.22. The molecule has 0 unspecified atom stereocenters. The Morgan fingerprint density at radius 3 is 2.31 bits per heavy atom. The second-order valence-electron chi connectivity index (χ2n) is 6.86. The van der Waals surface area contributed by atoms with E-state index in [9.17, 15) is 31.5 Å². The molecule has 6 nitrogen and oxygen atoms in total. The zero-order chi connectivity index (χ0) is 25.4. The lowest BCUT2D eigenvalue weighted by Gasteiger charge is -2.09. The second kappa shape index (κ2) is 9.55. The average molecular weight is 532 g/mol. The number of carbonyl (C=O) groups is 2. The fraction of sp³-hybridized carbons (Fsp3) is 0.0909. The molecular weight excluding hydrogens is 521 g/mol. The number of furan rings is 1. The minimum Gasteiger partial charge on any atom is -0.479 e. The smallest absolute Gasteiger partial charge is 0.349 e. The Labute approximate surface area is 201 Å². The van der Waals surface area contributed by atoms with Gasteiger partial charge in [-0.1, -0.05) is 11.6 Å². The Kier molecular flexibility index (Phi) is 6.68. The molecule has 0 spiro atoms. The normalized spacial score (nSPS) is 11.1. The van der Waals surface area contributed by atoms with Gasteiger partial charge in [0, 0.05) is 15.8 Å². The van der Waals surface area contributed by atoms with Crippen LogP contribution in [0.4, 0.5) is 27.6 Å². The molecule has 4 aromatic rings. The van der Waals surface area contributed by atoms with Crippen LogP contribution >= 0.6 is 22.9 Å². The molecule has 0 aliphatic carbocycles. The van der Waals surface area contributed by atoms with Gasteiger partial charge in [-0.05, 0) is 30.3 Å². The first-order chi connectivity index (χ1) is 16.6.